The molecule has 1 aromatic rings. The van der Waals surface area contributed by atoms with Crippen LogP contribution in [0.15, 0.2) is 12.3 Å². The molecule has 1 aromatic heterocycles. The number of pyridine rings is 1. The average molecular weight is 200 g/mol. The molecule has 13 heavy (non-hydrogen) atoms. The summed E-state index contributed by atoms with van der Waals surface area (Å²) >= 11 is 5.74. The molecule has 0 radical (unpaired) electrons. The largest absolute Gasteiger partial charge is 0.493 e. The maximum absolute atomic E-state index is 5.74. The topological polar surface area (TPSA) is 22.1 Å². The van der Waals surface area contributed by atoms with Crippen LogP contribution in [-0.2, 0) is 0 Å². The number of hydrogen-bond acceptors (Lipinski definition) is 2. The zero-order valence-corrected chi connectivity index (χ0v) is 8.93. The van der Waals surface area contributed by atoms with Gasteiger partial charge in [0.15, 0.2) is 0 Å². The van der Waals surface area contributed by atoms with Gasteiger partial charge in [0.2, 0.25) is 0 Å². The molecule has 1 heterocycles. The Morgan fingerprint density at radius 2 is 2.23 bits per heavy atom. The van der Waals surface area contributed by atoms with Gasteiger partial charge in [-0.1, -0.05) is 25.4 Å². The molecule has 72 valence electrons. The molecule has 0 saturated heterocycles. The Balaban J connectivity index is 2.70. The van der Waals surface area contributed by atoms with Gasteiger partial charge in [0, 0.05) is 17.8 Å². The fourth-order valence-electron chi connectivity index (χ4n) is 0.893. The van der Waals surface area contributed by atoms with E-state index < -0.39 is 0 Å². The van der Waals surface area contributed by atoms with Crippen LogP contribution < -0.4 is 4.74 Å². The summed E-state index contributed by atoms with van der Waals surface area (Å²) in [4.78, 5) is 3.95. The van der Waals surface area contributed by atoms with Crippen LogP contribution in [0.2, 0.25) is 5.15 Å². The third-order valence-electron chi connectivity index (χ3n) is 1.59. The first-order valence-electron chi connectivity index (χ1n) is 4.34. The van der Waals surface area contributed by atoms with Crippen LogP contribution in [0.1, 0.15) is 19.4 Å². The predicted molar refractivity (Wildman–Crippen MR) is 54.3 cm³/mol. The normalized spacial score (nSPS) is 10.5. The maximum atomic E-state index is 5.74. The van der Waals surface area contributed by atoms with Gasteiger partial charge >= 0.3 is 0 Å². The molecule has 0 atom stereocenters. The second kappa shape index (κ2) is 4.47. The standard InChI is InChI=1S/C10H14ClNO/c1-7(2)6-13-9-4-10(11)12-5-8(9)3/h4-5,7H,6H2,1-3H3. The van der Waals surface area contributed by atoms with E-state index in [0.29, 0.717) is 17.7 Å². The quantitative estimate of drug-likeness (QED) is 0.698. The molecule has 0 saturated carbocycles. The zero-order chi connectivity index (χ0) is 9.84. The van der Waals surface area contributed by atoms with Crippen molar-refractivity contribution in [3.05, 3.63) is 23.0 Å². The van der Waals surface area contributed by atoms with E-state index in [2.05, 4.69) is 18.8 Å². The Bertz CT molecular complexity index is 286. The molecule has 0 unspecified atom stereocenters. The van der Waals surface area contributed by atoms with E-state index in [0.717, 1.165) is 11.3 Å². The second-order valence-corrected chi connectivity index (χ2v) is 3.86. The smallest absolute Gasteiger partial charge is 0.132 e. The van der Waals surface area contributed by atoms with Crippen LogP contribution in [0.3, 0.4) is 0 Å². The minimum absolute atomic E-state index is 0.476. The highest BCUT2D eigenvalue weighted by molar-refractivity contribution is 6.29. The van der Waals surface area contributed by atoms with Gasteiger partial charge in [0.25, 0.3) is 0 Å². The minimum atomic E-state index is 0.476. The van der Waals surface area contributed by atoms with Crippen molar-refractivity contribution in [1.82, 2.24) is 4.98 Å². The molecule has 0 aromatic carbocycles. The van der Waals surface area contributed by atoms with Crippen molar-refractivity contribution in [2.45, 2.75) is 20.8 Å². The van der Waals surface area contributed by atoms with Crippen molar-refractivity contribution in [3.63, 3.8) is 0 Å². The fraction of sp³-hybridized carbons (Fsp3) is 0.500. The van der Waals surface area contributed by atoms with Crippen LogP contribution in [0.25, 0.3) is 0 Å². The Kier molecular flexibility index (Phi) is 3.55. The summed E-state index contributed by atoms with van der Waals surface area (Å²) in [7, 11) is 0. The highest BCUT2D eigenvalue weighted by Gasteiger charge is 2.02. The van der Waals surface area contributed by atoms with Crippen molar-refractivity contribution < 1.29 is 4.74 Å². The molecular weight excluding hydrogens is 186 g/mol. The van der Waals surface area contributed by atoms with Crippen LogP contribution in [0.5, 0.6) is 5.75 Å². The number of nitrogens with zero attached hydrogens (tertiary/aromatic N) is 1. The van der Waals surface area contributed by atoms with E-state index >= 15 is 0 Å². The highest BCUT2D eigenvalue weighted by atomic mass is 35.5. The summed E-state index contributed by atoms with van der Waals surface area (Å²) in [6.45, 7) is 6.89. The predicted octanol–water partition coefficient (Wildman–Crippen LogP) is 3.08. The average Bonchev–Trinajstić information content (AvgIpc) is 2.06. The lowest BCUT2D eigenvalue weighted by Crippen LogP contribution is -2.05. The molecule has 0 amide bonds. The van der Waals surface area contributed by atoms with Crippen molar-refractivity contribution in [1.29, 1.82) is 0 Å². The van der Waals surface area contributed by atoms with Crippen LogP contribution in [0, 0.1) is 12.8 Å². The van der Waals surface area contributed by atoms with E-state index in [-0.39, 0.29) is 0 Å². The molecule has 0 bridgehead atoms. The van der Waals surface area contributed by atoms with Gasteiger partial charge in [-0.3, -0.25) is 0 Å². The third-order valence-corrected chi connectivity index (χ3v) is 1.80. The Hall–Kier alpha value is -0.760. The number of halogens is 1. The number of rotatable bonds is 3. The fourth-order valence-corrected chi connectivity index (χ4v) is 1.04. The molecular formula is C10H14ClNO. The molecule has 0 aliphatic rings. The van der Waals surface area contributed by atoms with Crippen LogP contribution in [0.4, 0.5) is 0 Å². The van der Waals surface area contributed by atoms with Gasteiger partial charge in [0.1, 0.15) is 10.9 Å². The van der Waals surface area contributed by atoms with Crippen molar-refractivity contribution in [2.24, 2.45) is 5.92 Å². The van der Waals surface area contributed by atoms with Gasteiger partial charge in [-0.05, 0) is 12.8 Å². The summed E-state index contributed by atoms with van der Waals surface area (Å²) in [5.74, 6) is 1.35. The number of hydrogen-bond donors (Lipinski definition) is 0. The van der Waals surface area contributed by atoms with Crippen molar-refractivity contribution >= 4 is 11.6 Å². The molecule has 0 aliphatic carbocycles. The van der Waals surface area contributed by atoms with Gasteiger partial charge in [0.05, 0.1) is 6.61 Å². The lowest BCUT2D eigenvalue weighted by atomic mass is 10.2. The van der Waals surface area contributed by atoms with Gasteiger partial charge in [-0.2, -0.15) is 0 Å². The molecule has 0 spiro atoms. The summed E-state index contributed by atoms with van der Waals surface area (Å²) in [6.07, 6.45) is 1.72. The van der Waals surface area contributed by atoms with Crippen molar-refractivity contribution in [2.75, 3.05) is 6.61 Å². The van der Waals surface area contributed by atoms with E-state index in [9.17, 15) is 0 Å². The SMILES string of the molecule is Cc1cnc(Cl)cc1OCC(C)C. The lowest BCUT2D eigenvalue weighted by molar-refractivity contribution is 0.269. The lowest BCUT2D eigenvalue weighted by Gasteiger charge is -2.10. The number of aryl methyl sites for hydroxylation is 1. The second-order valence-electron chi connectivity index (χ2n) is 3.48. The Morgan fingerprint density at radius 1 is 1.54 bits per heavy atom. The zero-order valence-electron chi connectivity index (χ0n) is 8.17. The molecule has 3 heteroatoms. The van der Waals surface area contributed by atoms with Gasteiger partial charge in [-0.25, -0.2) is 4.98 Å². The molecule has 0 aliphatic heterocycles. The summed E-state index contributed by atoms with van der Waals surface area (Å²) in [5, 5.41) is 0.476. The summed E-state index contributed by atoms with van der Waals surface area (Å²) in [6, 6.07) is 1.75. The molecule has 0 N–H and O–H groups in total. The van der Waals surface area contributed by atoms with E-state index in [1.807, 2.05) is 6.92 Å². The van der Waals surface area contributed by atoms with E-state index in [1.165, 1.54) is 0 Å². The Labute approximate surface area is 83.9 Å². The number of aromatic nitrogens is 1. The molecule has 2 nitrogen and oxygen atoms in total. The van der Waals surface area contributed by atoms with E-state index in [4.69, 9.17) is 16.3 Å². The first-order valence-corrected chi connectivity index (χ1v) is 4.72. The highest BCUT2D eigenvalue weighted by Crippen LogP contribution is 2.20. The Morgan fingerprint density at radius 3 is 2.85 bits per heavy atom. The van der Waals surface area contributed by atoms with Gasteiger partial charge in [-0.15, -0.1) is 0 Å². The maximum Gasteiger partial charge on any atom is 0.132 e. The molecule has 1 rings (SSSR count). The molecule has 0 fully saturated rings. The summed E-state index contributed by atoms with van der Waals surface area (Å²) in [5.41, 5.74) is 1.02. The van der Waals surface area contributed by atoms with E-state index in [1.54, 1.807) is 12.3 Å². The minimum Gasteiger partial charge on any atom is -0.493 e. The van der Waals surface area contributed by atoms with Crippen molar-refractivity contribution in [3.8, 4) is 5.75 Å². The first kappa shape index (κ1) is 10.3. The van der Waals surface area contributed by atoms with Crippen LogP contribution >= 0.6 is 11.6 Å². The monoisotopic (exact) mass is 199 g/mol. The summed E-state index contributed by atoms with van der Waals surface area (Å²) < 4.78 is 5.55. The first-order chi connectivity index (χ1) is 6.09. The van der Waals surface area contributed by atoms with Gasteiger partial charge < -0.3 is 4.74 Å². The van der Waals surface area contributed by atoms with Crippen LogP contribution in [-0.4, -0.2) is 11.6 Å². The third kappa shape index (κ3) is 3.23. The number of ether oxygens (including phenoxy) is 1.